The Morgan fingerprint density at radius 3 is 2.40 bits per heavy atom. The van der Waals surface area contributed by atoms with Crippen molar-refractivity contribution in [3.63, 3.8) is 0 Å². The maximum atomic E-state index is 12.6. The molecule has 1 heterocycles. The topological polar surface area (TPSA) is 63.7 Å². The van der Waals surface area contributed by atoms with Gasteiger partial charge >= 0.3 is 0 Å². The minimum Gasteiger partial charge on any atom is -0.377 e. The highest BCUT2D eigenvalue weighted by Gasteiger charge is 2.30. The molecule has 1 aromatic carbocycles. The Morgan fingerprint density at radius 1 is 1.25 bits per heavy atom. The number of sulfone groups is 1. The third-order valence-electron chi connectivity index (χ3n) is 3.41. The molecule has 110 valence electrons. The fraction of sp³-hybridized carbons (Fsp3) is 0.500. The van der Waals surface area contributed by atoms with Crippen LogP contribution in [0.25, 0.3) is 0 Å². The molecule has 1 saturated heterocycles. The summed E-state index contributed by atoms with van der Waals surface area (Å²) in [4.78, 5) is 14.5. The van der Waals surface area contributed by atoms with Gasteiger partial charge in [-0.1, -0.05) is 6.07 Å². The van der Waals surface area contributed by atoms with E-state index in [0.29, 0.717) is 18.8 Å². The minimum atomic E-state index is -3.31. The summed E-state index contributed by atoms with van der Waals surface area (Å²) in [7, 11) is -3.31. The van der Waals surface area contributed by atoms with Crippen molar-refractivity contribution in [3.8, 4) is 0 Å². The molecule has 5 nitrogen and oxygen atoms in total. The third kappa shape index (κ3) is 3.02. The highest BCUT2D eigenvalue weighted by Crippen LogP contribution is 2.19. The van der Waals surface area contributed by atoms with Crippen LogP contribution in [0, 0.1) is 0 Å². The van der Waals surface area contributed by atoms with Gasteiger partial charge in [-0.3, -0.25) is 4.79 Å². The van der Waals surface area contributed by atoms with Crippen LogP contribution in [0.4, 0.5) is 0 Å². The number of hydrogen-bond donors (Lipinski definition) is 0. The van der Waals surface area contributed by atoms with Crippen LogP contribution in [0.2, 0.25) is 0 Å². The highest BCUT2D eigenvalue weighted by atomic mass is 32.2. The molecule has 1 aliphatic rings. The number of carbonyl (C=O) groups excluding carboxylic acids is 1. The number of nitrogens with zero attached hydrogens (tertiary/aromatic N) is 1. The van der Waals surface area contributed by atoms with Crippen LogP contribution in [-0.2, 0) is 14.6 Å². The molecule has 1 aromatic rings. The van der Waals surface area contributed by atoms with Crippen molar-refractivity contribution in [1.82, 2.24) is 4.90 Å². The van der Waals surface area contributed by atoms with Crippen molar-refractivity contribution in [2.75, 3.05) is 19.5 Å². The van der Waals surface area contributed by atoms with E-state index in [2.05, 4.69) is 0 Å². The largest absolute Gasteiger partial charge is 0.377 e. The summed E-state index contributed by atoms with van der Waals surface area (Å²) in [5, 5.41) is 0. The van der Waals surface area contributed by atoms with Crippen LogP contribution in [0.1, 0.15) is 24.2 Å². The van der Waals surface area contributed by atoms with Gasteiger partial charge < -0.3 is 9.64 Å². The first kappa shape index (κ1) is 15.0. The first-order chi connectivity index (χ1) is 9.30. The van der Waals surface area contributed by atoms with Gasteiger partial charge in [-0.2, -0.15) is 0 Å². The predicted octanol–water partition coefficient (Wildman–Crippen LogP) is 1.34. The Balaban J connectivity index is 2.33. The number of hydrogen-bond acceptors (Lipinski definition) is 4. The van der Waals surface area contributed by atoms with Crippen LogP contribution in [0.3, 0.4) is 0 Å². The summed E-state index contributed by atoms with van der Waals surface area (Å²) in [6.45, 7) is 4.85. The molecule has 0 spiro atoms. The lowest BCUT2D eigenvalue weighted by molar-refractivity contribution is -0.0249. The SMILES string of the molecule is CC1COCC(C)N1C(=O)c1cccc(S(C)(=O)=O)c1. The van der Waals surface area contributed by atoms with Crippen LogP contribution in [0.5, 0.6) is 0 Å². The Morgan fingerprint density at radius 2 is 1.85 bits per heavy atom. The molecule has 1 aliphatic heterocycles. The van der Waals surface area contributed by atoms with E-state index in [-0.39, 0.29) is 22.9 Å². The maximum Gasteiger partial charge on any atom is 0.254 e. The van der Waals surface area contributed by atoms with Gasteiger partial charge in [-0.05, 0) is 32.0 Å². The van der Waals surface area contributed by atoms with Crippen LogP contribution in [0.15, 0.2) is 29.2 Å². The van der Waals surface area contributed by atoms with Gasteiger partial charge in [-0.25, -0.2) is 8.42 Å². The van der Waals surface area contributed by atoms with Crippen molar-refractivity contribution in [1.29, 1.82) is 0 Å². The number of amides is 1. The molecule has 6 heteroatoms. The summed E-state index contributed by atoms with van der Waals surface area (Å²) < 4.78 is 28.5. The molecule has 2 rings (SSSR count). The quantitative estimate of drug-likeness (QED) is 0.826. The Bertz CT molecular complexity index is 601. The minimum absolute atomic E-state index is 0.0202. The van der Waals surface area contributed by atoms with Gasteiger partial charge in [0.1, 0.15) is 0 Å². The van der Waals surface area contributed by atoms with Gasteiger partial charge in [0.05, 0.1) is 30.2 Å². The maximum absolute atomic E-state index is 12.6. The number of carbonyl (C=O) groups is 1. The van der Waals surface area contributed by atoms with Crippen molar-refractivity contribution < 1.29 is 17.9 Å². The molecule has 0 N–H and O–H groups in total. The molecular weight excluding hydrogens is 278 g/mol. The lowest BCUT2D eigenvalue weighted by atomic mass is 10.1. The van der Waals surface area contributed by atoms with Gasteiger partial charge in [0.2, 0.25) is 0 Å². The van der Waals surface area contributed by atoms with E-state index < -0.39 is 9.84 Å². The van der Waals surface area contributed by atoms with E-state index in [4.69, 9.17) is 4.74 Å². The standard InChI is InChI=1S/C14H19NO4S/c1-10-8-19-9-11(2)15(10)14(16)12-5-4-6-13(7-12)20(3,17)18/h4-7,10-11H,8-9H2,1-3H3. The monoisotopic (exact) mass is 297 g/mol. The van der Waals surface area contributed by atoms with E-state index in [1.54, 1.807) is 17.0 Å². The van der Waals surface area contributed by atoms with Gasteiger partial charge in [0.25, 0.3) is 5.91 Å². The zero-order valence-corrected chi connectivity index (χ0v) is 12.7. The number of rotatable bonds is 2. The van der Waals surface area contributed by atoms with Crippen molar-refractivity contribution >= 4 is 15.7 Å². The highest BCUT2D eigenvalue weighted by molar-refractivity contribution is 7.90. The molecule has 20 heavy (non-hydrogen) atoms. The first-order valence-electron chi connectivity index (χ1n) is 6.51. The molecule has 2 unspecified atom stereocenters. The number of morpholine rings is 1. The summed E-state index contributed by atoms with van der Waals surface area (Å²) in [5.74, 6) is -0.154. The first-order valence-corrected chi connectivity index (χ1v) is 8.40. The Kier molecular flexibility index (Phi) is 4.15. The Hall–Kier alpha value is -1.40. The normalized spacial score (nSPS) is 23.6. The van der Waals surface area contributed by atoms with E-state index >= 15 is 0 Å². The molecule has 0 saturated carbocycles. The predicted molar refractivity (Wildman–Crippen MR) is 75.5 cm³/mol. The van der Waals surface area contributed by atoms with E-state index in [1.807, 2.05) is 13.8 Å². The average Bonchev–Trinajstić information content (AvgIpc) is 2.37. The summed E-state index contributed by atoms with van der Waals surface area (Å²) in [6, 6.07) is 6.14. The molecule has 1 fully saturated rings. The zero-order chi connectivity index (χ0) is 14.9. The second kappa shape index (κ2) is 5.54. The van der Waals surface area contributed by atoms with E-state index in [0.717, 1.165) is 6.26 Å². The summed E-state index contributed by atoms with van der Waals surface area (Å²) in [5.41, 5.74) is 0.397. The van der Waals surface area contributed by atoms with Crippen LogP contribution >= 0.6 is 0 Å². The van der Waals surface area contributed by atoms with Crippen LogP contribution in [-0.4, -0.2) is 50.8 Å². The zero-order valence-electron chi connectivity index (χ0n) is 11.9. The second-order valence-corrected chi connectivity index (χ2v) is 7.26. The van der Waals surface area contributed by atoms with E-state index in [9.17, 15) is 13.2 Å². The second-order valence-electron chi connectivity index (χ2n) is 5.25. The van der Waals surface area contributed by atoms with Crippen molar-refractivity contribution in [2.45, 2.75) is 30.8 Å². The Labute approximate surface area is 119 Å². The molecule has 0 aromatic heterocycles. The average molecular weight is 297 g/mol. The van der Waals surface area contributed by atoms with Crippen LogP contribution < -0.4 is 0 Å². The molecule has 1 amide bonds. The van der Waals surface area contributed by atoms with Crippen molar-refractivity contribution in [3.05, 3.63) is 29.8 Å². The molecular formula is C14H19NO4S. The molecule has 0 radical (unpaired) electrons. The third-order valence-corrected chi connectivity index (χ3v) is 4.52. The lowest BCUT2D eigenvalue weighted by Gasteiger charge is -2.38. The summed E-state index contributed by atoms with van der Waals surface area (Å²) in [6.07, 6.45) is 1.14. The van der Waals surface area contributed by atoms with E-state index in [1.165, 1.54) is 12.1 Å². The van der Waals surface area contributed by atoms with Gasteiger partial charge in [-0.15, -0.1) is 0 Å². The summed E-state index contributed by atoms with van der Waals surface area (Å²) >= 11 is 0. The number of ether oxygens (including phenoxy) is 1. The number of benzene rings is 1. The molecule has 2 atom stereocenters. The van der Waals surface area contributed by atoms with Gasteiger partial charge in [0.15, 0.2) is 9.84 Å². The smallest absolute Gasteiger partial charge is 0.254 e. The molecule has 0 aliphatic carbocycles. The fourth-order valence-electron chi connectivity index (χ4n) is 2.41. The lowest BCUT2D eigenvalue weighted by Crippen LogP contribution is -2.52. The fourth-order valence-corrected chi connectivity index (χ4v) is 3.08. The van der Waals surface area contributed by atoms with Gasteiger partial charge in [0, 0.05) is 11.8 Å². The molecule has 0 bridgehead atoms. The van der Waals surface area contributed by atoms with Crippen molar-refractivity contribution in [2.24, 2.45) is 0 Å².